The Morgan fingerprint density at radius 2 is 0.765 bits per heavy atom. The molecule has 23 heteroatoms. The summed E-state index contributed by atoms with van der Waals surface area (Å²) in [6, 6.07) is 46.6. The van der Waals surface area contributed by atoms with E-state index in [0.717, 1.165) is 35.0 Å². The van der Waals surface area contributed by atoms with Crippen molar-refractivity contribution in [2.75, 3.05) is 10.6 Å². The molecule has 316 valence electrons. The summed E-state index contributed by atoms with van der Waals surface area (Å²) in [7, 11) is -9.49. The maximum absolute atomic E-state index is 12.8. The average Bonchev–Trinajstić information content (AvgIpc) is 3.29. The molecule has 0 saturated carbocycles. The maximum atomic E-state index is 12.8. The van der Waals surface area contributed by atoms with Gasteiger partial charge in [-0.15, -0.1) is 22.4 Å². The van der Waals surface area contributed by atoms with Crippen LogP contribution in [0.1, 0.15) is 0 Å². The molecule has 8 aromatic rings. The number of nitrogens with one attached hydrogen (secondary N) is 2. The van der Waals surface area contributed by atoms with E-state index < -0.39 is 36.1 Å². The number of anilines is 2. The van der Waals surface area contributed by atoms with Crippen molar-refractivity contribution in [2.45, 2.75) is 9.79 Å². The van der Waals surface area contributed by atoms with Crippen LogP contribution in [-0.2, 0) is 20.2 Å². The van der Waals surface area contributed by atoms with Crippen LogP contribution in [0.15, 0.2) is 208 Å². The molecule has 0 aliphatic carbocycles. The molecule has 17 nitrogen and oxygen atoms in total. The summed E-state index contributed by atoms with van der Waals surface area (Å²) in [5.41, 5.74) is 4.66. The number of amides is 2. The van der Waals surface area contributed by atoms with Gasteiger partial charge >= 0.3 is 124 Å². The molecule has 2 N–H and O–H groups in total. The number of hydrogen-bond acceptors (Lipinski definition) is 15. The van der Waals surface area contributed by atoms with Gasteiger partial charge in [0, 0.05) is 27.8 Å². The standard InChI is InChI=1S/C45H30N10O7S2.4Na/c56-45(46-29-10-14-32(15-11-29)49-53-42-25-24-41(37-8-4-5-9-38(37)42)52-48-31-6-2-1-3-7-31)47-30-12-16-33(17-13-30)50-54-43-26-27-44(40-28-36(64(60,61)62)22-23-39(40)43)55-51-34-18-20-35(21-19-34)63(57,58)59;;;;/h2-3,5-28H,(H2,46,47,56)(H,57,58,59)(H,60,61,62);;;;/q-2;4*+1/p-2. The number of nitrogens with zero attached hydrogens (tertiary/aromatic N) is 8. The van der Waals surface area contributed by atoms with Gasteiger partial charge in [-0.25, -0.2) is 21.6 Å². The van der Waals surface area contributed by atoms with Gasteiger partial charge in [-0.05, 0) is 115 Å². The van der Waals surface area contributed by atoms with Crippen LogP contribution in [0.25, 0.3) is 21.5 Å². The first-order chi connectivity index (χ1) is 30.9. The molecule has 0 fully saturated rings. The Kier molecular flexibility index (Phi) is 21.2. The maximum Gasteiger partial charge on any atom is 1.00 e. The SMILES string of the molecule is O=C(Nc1ccc(N=Nc2ccc(N=Nc3cc[c-]cc3)c3c[c-]ccc23)cc1)Nc1ccc(N=Nc2ccc(N=Nc3ccc(S(=O)(=O)[O-])cc3)c3cc(S(=O)(=O)[O-])ccc23)cc1.[Na+].[Na+].[Na+].[Na+]. The van der Waals surface area contributed by atoms with E-state index in [1.54, 1.807) is 72.8 Å². The van der Waals surface area contributed by atoms with Crippen molar-refractivity contribution in [2.24, 2.45) is 40.9 Å². The summed E-state index contributed by atoms with van der Waals surface area (Å²) in [6.07, 6.45) is 0. The van der Waals surface area contributed by atoms with Crippen LogP contribution in [-0.4, -0.2) is 32.0 Å². The van der Waals surface area contributed by atoms with Crippen molar-refractivity contribution in [3.05, 3.63) is 170 Å². The summed E-state index contributed by atoms with van der Waals surface area (Å²) >= 11 is 0. The molecule has 0 heterocycles. The minimum Gasteiger partial charge on any atom is -0.744 e. The number of urea groups is 1. The van der Waals surface area contributed by atoms with Crippen molar-refractivity contribution in [3.8, 4) is 0 Å². The Bertz CT molecular complexity index is 3410. The Labute approximate surface area is 478 Å². The zero-order chi connectivity index (χ0) is 44.7. The van der Waals surface area contributed by atoms with E-state index in [-0.39, 0.29) is 135 Å². The number of rotatable bonds is 12. The Morgan fingerprint density at radius 3 is 1.22 bits per heavy atom. The van der Waals surface area contributed by atoms with Crippen LogP contribution in [0, 0.1) is 12.1 Å². The van der Waals surface area contributed by atoms with Gasteiger partial charge in [0.1, 0.15) is 20.2 Å². The predicted octanol–water partition coefficient (Wildman–Crippen LogP) is 0.723. The molecule has 0 saturated heterocycles. The quantitative estimate of drug-likeness (QED) is 0.0767. The molecular formula is C45H28N10Na4O7S2. The predicted molar refractivity (Wildman–Crippen MR) is 237 cm³/mol. The molecular weight excluding hydrogens is 949 g/mol. The molecule has 0 bridgehead atoms. The molecule has 0 radical (unpaired) electrons. The van der Waals surface area contributed by atoms with Crippen molar-refractivity contribution in [1.29, 1.82) is 0 Å². The molecule has 8 aromatic carbocycles. The van der Waals surface area contributed by atoms with E-state index in [1.165, 1.54) is 24.3 Å². The number of azo groups is 4. The third-order valence-electron chi connectivity index (χ3n) is 9.21. The van der Waals surface area contributed by atoms with Crippen molar-refractivity contribution in [3.63, 3.8) is 0 Å². The van der Waals surface area contributed by atoms with Crippen LogP contribution < -0.4 is 129 Å². The number of benzene rings is 8. The molecule has 0 atom stereocenters. The summed E-state index contributed by atoms with van der Waals surface area (Å²) < 4.78 is 69.3. The molecule has 0 aliphatic heterocycles. The van der Waals surface area contributed by atoms with E-state index in [9.17, 15) is 30.7 Å². The second-order valence-corrected chi connectivity index (χ2v) is 16.3. The van der Waals surface area contributed by atoms with Crippen molar-refractivity contribution >= 4 is 105 Å². The van der Waals surface area contributed by atoms with Crippen molar-refractivity contribution < 1.29 is 149 Å². The minimum atomic E-state index is -4.83. The molecule has 8 rings (SSSR count). The summed E-state index contributed by atoms with van der Waals surface area (Å²) in [6.45, 7) is 0. The molecule has 0 spiro atoms. The van der Waals surface area contributed by atoms with E-state index >= 15 is 0 Å². The van der Waals surface area contributed by atoms with Gasteiger partial charge in [0.25, 0.3) is 0 Å². The van der Waals surface area contributed by atoms with Gasteiger partial charge in [0.05, 0.1) is 43.9 Å². The van der Waals surface area contributed by atoms with Crippen LogP contribution in [0.2, 0.25) is 0 Å². The third kappa shape index (κ3) is 14.9. The van der Waals surface area contributed by atoms with E-state index in [4.69, 9.17) is 0 Å². The fourth-order valence-corrected chi connectivity index (χ4v) is 7.06. The number of carbonyl (C=O) groups is 1. The molecule has 68 heavy (non-hydrogen) atoms. The number of hydrogen-bond donors (Lipinski definition) is 2. The van der Waals surface area contributed by atoms with Gasteiger partial charge in [-0.1, -0.05) is 16.8 Å². The van der Waals surface area contributed by atoms with E-state index in [1.807, 2.05) is 36.4 Å². The van der Waals surface area contributed by atoms with Crippen LogP contribution in [0.4, 0.5) is 61.7 Å². The van der Waals surface area contributed by atoms with Gasteiger partial charge in [0.15, 0.2) is 0 Å². The second-order valence-electron chi connectivity index (χ2n) is 13.5. The van der Waals surface area contributed by atoms with E-state index in [2.05, 4.69) is 63.7 Å². The van der Waals surface area contributed by atoms with Crippen LogP contribution in [0.3, 0.4) is 0 Å². The van der Waals surface area contributed by atoms with Crippen LogP contribution in [0.5, 0.6) is 0 Å². The third-order valence-corrected chi connectivity index (χ3v) is 10.9. The van der Waals surface area contributed by atoms with E-state index in [0.29, 0.717) is 50.9 Å². The number of fused-ring (bicyclic) bond motifs is 2. The monoisotopic (exact) mass is 976 g/mol. The summed E-state index contributed by atoms with van der Waals surface area (Å²) in [5.74, 6) is 0. The molecule has 0 aromatic heterocycles. The summed E-state index contributed by atoms with van der Waals surface area (Å²) in [5, 5.41) is 42.2. The fourth-order valence-electron chi connectivity index (χ4n) is 6.09. The molecule has 2 amide bonds. The molecule has 0 unspecified atom stereocenters. The van der Waals surface area contributed by atoms with Gasteiger partial charge in [-0.2, -0.15) is 73.2 Å². The fraction of sp³-hybridized carbons (Fsp3) is 0. The van der Waals surface area contributed by atoms with Crippen molar-refractivity contribution in [1.82, 2.24) is 0 Å². The first-order valence-electron chi connectivity index (χ1n) is 18.8. The second kappa shape index (κ2) is 25.6. The Morgan fingerprint density at radius 1 is 0.397 bits per heavy atom. The number of carbonyl (C=O) groups excluding carboxylic acids is 1. The smallest absolute Gasteiger partial charge is 0.744 e. The van der Waals surface area contributed by atoms with Crippen LogP contribution >= 0.6 is 0 Å². The molecule has 0 aliphatic rings. The zero-order valence-corrected chi connectivity index (χ0v) is 46.4. The largest absolute Gasteiger partial charge is 1.00 e. The average molecular weight is 977 g/mol. The normalized spacial score (nSPS) is 11.6. The first-order valence-corrected chi connectivity index (χ1v) is 21.6. The van der Waals surface area contributed by atoms with Gasteiger partial charge < -0.3 is 19.7 Å². The topological polar surface area (TPSA) is 254 Å². The van der Waals surface area contributed by atoms with Gasteiger partial charge in [0.2, 0.25) is 0 Å². The van der Waals surface area contributed by atoms with Gasteiger partial charge in [-0.3, -0.25) is 0 Å². The summed E-state index contributed by atoms with van der Waals surface area (Å²) in [4.78, 5) is 11.9. The minimum absolute atomic E-state index is 0. The zero-order valence-electron chi connectivity index (χ0n) is 36.8. The first kappa shape index (κ1) is 56.4. The Hall–Kier alpha value is -4.23. The Balaban J connectivity index is 0.00000252.